The van der Waals surface area contributed by atoms with Crippen molar-refractivity contribution in [2.45, 2.75) is 97.4 Å². The third-order valence-electron chi connectivity index (χ3n) is 8.52. The second-order valence-corrected chi connectivity index (χ2v) is 10.1. The molecule has 1 aromatic rings. The minimum absolute atomic E-state index is 0.165. The van der Waals surface area contributed by atoms with Crippen LogP contribution in [0.1, 0.15) is 89.7 Å². The zero-order valence-corrected chi connectivity index (χ0v) is 19.5. The molecule has 0 bridgehead atoms. The van der Waals surface area contributed by atoms with Crippen LogP contribution >= 0.6 is 0 Å². The van der Waals surface area contributed by atoms with E-state index in [2.05, 4.69) is 49.2 Å². The van der Waals surface area contributed by atoms with Gasteiger partial charge in [0.25, 0.3) is 0 Å². The molecule has 30 heavy (non-hydrogen) atoms. The van der Waals surface area contributed by atoms with Gasteiger partial charge in [-0.25, -0.2) is 4.79 Å². The maximum atomic E-state index is 13.7. The van der Waals surface area contributed by atoms with E-state index in [1.54, 1.807) is 0 Å². The van der Waals surface area contributed by atoms with Gasteiger partial charge in [0.1, 0.15) is 0 Å². The summed E-state index contributed by atoms with van der Waals surface area (Å²) in [6, 6.07) is 7.07. The smallest absolute Gasteiger partial charge is 0.321 e. The summed E-state index contributed by atoms with van der Waals surface area (Å²) in [5, 5.41) is 3.41. The largest absolute Gasteiger partial charge is 0.322 e. The molecule has 5 atom stereocenters. The molecule has 0 unspecified atom stereocenters. The van der Waals surface area contributed by atoms with Gasteiger partial charge < -0.3 is 10.2 Å². The van der Waals surface area contributed by atoms with E-state index in [1.165, 1.54) is 68.9 Å². The second kappa shape index (κ2) is 9.75. The van der Waals surface area contributed by atoms with Crippen LogP contribution in [-0.2, 0) is 12.8 Å². The maximum Gasteiger partial charge on any atom is 0.322 e. The Balaban J connectivity index is 1.60. The minimum Gasteiger partial charge on any atom is -0.321 e. The molecule has 3 heteroatoms. The van der Waals surface area contributed by atoms with Crippen LogP contribution in [0.25, 0.3) is 0 Å². The Kier molecular flexibility index (Phi) is 7.05. The van der Waals surface area contributed by atoms with E-state index in [4.69, 9.17) is 0 Å². The predicted molar refractivity (Wildman–Crippen MR) is 126 cm³/mol. The summed E-state index contributed by atoms with van der Waals surface area (Å²) in [7, 11) is 0. The number of benzene rings is 1. The number of aryl methyl sites for hydroxylation is 2. The second-order valence-electron chi connectivity index (χ2n) is 10.1. The molecule has 1 aliphatic heterocycles. The number of para-hydroxylation sites is 1. The van der Waals surface area contributed by atoms with Gasteiger partial charge in [0, 0.05) is 18.3 Å². The van der Waals surface area contributed by atoms with Gasteiger partial charge in [0.05, 0.1) is 0 Å². The first-order valence-electron chi connectivity index (χ1n) is 12.9. The first kappa shape index (κ1) is 21.7. The molecule has 2 aliphatic carbocycles. The topological polar surface area (TPSA) is 32.3 Å². The number of anilines is 1. The van der Waals surface area contributed by atoms with Crippen molar-refractivity contribution in [2.75, 3.05) is 11.9 Å². The van der Waals surface area contributed by atoms with Crippen molar-refractivity contribution in [1.82, 2.24) is 4.90 Å². The molecule has 1 aromatic carbocycles. The summed E-state index contributed by atoms with van der Waals surface area (Å²) in [4.78, 5) is 16.0. The summed E-state index contributed by atoms with van der Waals surface area (Å²) in [5.74, 6) is 3.27. The van der Waals surface area contributed by atoms with Gasteiger partial charge in [-0.2, -0.15) is 0 Å². The van der Waals surface area contributed by atoms with E-state index in [0.717, 1.165) is 48.7 Å². The van der Waals surface area contributed by atoms with Gasteiger partial charge in [-0.1, -0.05) is 77.5 Å². The number of likely N-dealkylation sites (tertiary alicyclic amines) is 1. The number of amides is 2. The van der Waals surface area contributed by atoms with Gasteiger partial charge in [0.2, 0.25) is 0 Å². The Hall–Kier alpha value is -1.51. The van der Waals surface area contributed by atoms with Gasteiger partial charge in [0.15, 0.2) is 0 Å². The Labute approximate surface area is 184 Å². The Morgan fingerprint density at radius 2 is 1.67 bits per heavy atom. The molecular formula is C27H42N2O. The van der Waals surface area contributed by atoms with E-state index in [1.807, 2.05) is 0 Å². The molecule has 0 aromatic heterocycles. The van der Waals surface area contributed by atoms with Crippen LogP contribution in [-0.4, -0.2) is 23.5 Å². The molecule has 166 valence electrons. The van der Waals surface area contributed by atoms with Crippen LogP contribution < -0.4 is 5.32 Å². The molecule has 0 radical (unpaired) electrons. The fourth-order valence-corrected chi connectivity index (χ4v) is 7.14. The van der Waals surface area contributed by atoms with E-state index in [9.17, 15) is 4.79 Å². The molecule has 2 saturated carbocycles. The predicted octanol–water partition coefficient (Wildman–Crippen LogP) is 7.05. The van der Waals surface area contributed by atoms with Crippen LogP contribution in [0, 0.1) is 23.7 Å². The zero-order chi connectivity index (χ0) is 21.1. The number of urea groups is 1. The standard InChI is InChI=1S/C27H42N2O/c1-4-7-17-24-23-16-10-14-21-13-9-15-22(25(21)23)18-29(24)27(30)28-26-19(5-2)11-8-12-20(26)6-3/h8,11-12,21-25H,4-7,9-10,13-18H2,1-3H3,(H,28,30)/t21-,22-,23+,24+,25-/m0/s1. The lowest BCUT2D eigenvalue weighted by Crippen LogP contribution is -2.59. The molecule has 3 aliphatic rings. The molecule has 4 rings (SSSR count). The van der Waals surface area contributed by atoms with Crippen molar-refractivity contribution in [2.24, 2.45) is 23.7 Å². The van der Waals surface area contributed by atoms with Crippen molar-refractivity contribution in [3.63, 3.8) is 0 Å². The summed E-state index contributed by atoms with van der Waals surface area (Å²) < 4.78 is 0. The zero-order valence-electron chi connectivity index (χ0n) is 19.5. The van der Waals surface area contributed by atoms with Crippen molar-refractivity contribution in [3.05, 3.63) is 29.3 Å². The SMILES string of the molecule is CCCC[C@@H]1[C@H]2CCC[C@@H]3CCC[C@@H](CN1C(=O)Nc1c(CC)cccc1CC)[C@H]32. The number of nitrogens with one attached hydrogen (secondary N) is 1. The lowest BCUT2D eigenvalue weighted by atomic mass is 9.56. The maximum absolute atomic E-state index is 13.7. The molecule has 1 heterocycles. The van der Waals surface area contributed by atoms with Gasteiger partial charge in [-0.15, -0.1) is 0 Å². The number of piperidine rings is 1. The molecule has 3 fully saturated rings. The molecule has 1 saturated heterocycles. The number of nitrogens with zero attached hydrogens (tertiary/aromatic N) is 1. The Bertz CT molecular complexity index is 705. The van der Waals surface area contributed by atoms with Crippen molar-refractivity contribution >= 4 is 11.7 Å². The van der Waals surface area contributed by atoms with E-state index in [-0.39, 0.29) is 6.03 Å². The van der Waals surface area contributed by atoms with E-state index in [0.29, 0.717) is 6.04 Å². The third-order valence-corrected chi connectivity index (χ3v) is 8.52. The third kappa shape index (κ3) is 4.14. The molecule has 2 amide bonds. The van der Waals surface area contributed by atoms with Crippen LogP contribution in [0.15, 0.2) is 18.2 Å². The Morgan fingerprint density at radius 3 is 2.33 bits per heavy atom. The fourth-order valence-electron chi connectivity index (χ4n) is 7.14. The number of carbonyl (C=O) groups is 1. The van der Waals surface area contributed by atoms with Crippen molar-refractivity contribution < 1.29 is 4.79 Å². The monoisotopic (exact) mass is 410 g/mol. The van der Waals surface area contributed by atoms with Gasteiger partial charge >= 0.3 is 6.03 Å². The number of unbranched alkanes of at least 4 members (excludes halogenated alkanes) is 1. The van der Waals surface area contributed by atoms with E-state index < -0.39 is 0 Å². The highest BCUT2D eigenvalue weighted by Gasteiger charge is 2.50. The quantitative estimate of drug-likeness (QED) is 0.535. The summed E-state index contributed by atoms with van der Waals surface area (Å²) in [6.07, 6.45) is 13.8. The van der Waals surface area contributed by atoms with Crippen LogP contribution in [0.4, 0.5) is 10.5 Å². The minimum atomic E-state index is 0.165. The summed E-state index contributed by atoms with van der Waals surface area (Å²) in [6.45, 7) is 7.63. The molecule has 0 spiro atoms. The van der Waals surface area contributed by atoms with Crippen LogP contribution in [0.5, 0.6) is 0 Å². The van der Waals surface area contributed by atoms with Crippen LogP contribution in [0.3, 0.4) is 0 Å². The normalized spacial score (nSPS) is 30.6. The highest BCUT2D eigenvalue weighted by molar-refractivity contribution is 5.91. The highest BCUT2D eigenvalue weighted by atomic mass is 16.2. The Morgan fingerprint density at radius 1 is 1.00 bits per heavy atom. The van der Waals surface area contributed by atoms with Crippen molar-refractivity contribution in [3.8, 4) is 0 Å². The van der Waals surface area contributed by atoms with Gasteiger partial charge in [-0.05, 0) is 66.9 Å². The average molecular weight is 411 g/mol. The van der Waals surface area contributed by atoms with Crippen molar-refractivity contribution in [1.29, 1.82) is 0 Å². The summed E-state index contributed by atoms with van der Waals surface area (Å²) >= 11 is 0. The first-order valence-corrected chi connectivity index (χ1v) is 12.9. The highest BCUT2D eigenvalue weighted by Crippen LogP contribution is 2.52. The van der Waals surface area contributed by atoms with Gasteiger partial charge in [-0.3, -0.25) is 0 Å². The number of carbonyl (C=O) groups excluding carboxylic acids is 1. The summed E-state index contributed by atoms with van der Waals surface area (Å²) in [5.41, 5.74) is 3.60. The fraction of sp³-hybridized carbons (Fsp3) is 0.741. The van der Waals surface area contributed by atoms with E-state index >= 15 is 0 Å². The number of hydrogen-bond donors (Lipinski definition) is 1. The number of hydrogen-bond acceptors (Lipinski definition) is 1. The van der Waals surface area contributed by atoms with Crippen LogP contribution in [0.2, 0.25) is 0 Å². The lowest BCUT2D eigenvalue weighted by molar-refractivity contribution is -0.0512. The first-order chi connectivity index (χ1) is 14.7. The number of rotatable bonds is 6. The molecule has 3 nitrogen and oxygen atoms in total. The lowest BCUT2D eigenvalue weighted by Gasteiger charge is -2.56. The molecule has 1 N–H and O–H groups in total. The molecular weight excluding hydrogens is 368 g/mol. The average Bonchev–Trinajstić information content (AvgIpc) is 2.78.